The van der Waals surface area contributed by atoms with Crippen molar-refractivity contribution in [1.82, 2.24) is 9.88 Å². The maximum atomic E-state index is 11.2. The van der Waals surface area contributed by atoms with Crippen LogP contribution in [-0.2, 0) is 11.3 Å². The summed E-state index contributed by atoms with van der Waals surface area (Å²) in [5.41, 5.74) is 2.49. The highest BCUT2D eigenvalue weighted by Crippen LogP contribution is 2.28. The Bertz CT molecular complexity index is 694. The number of carbonyl (C=O) groups is 1. The summed E-state index contributed by atoms with van der Waals surface area (Å²) in [5, 5.41) is 10.2. The lowest BCUT2D eigenvalue weighted by molar-refractivity contribution is -0.143. The van der Waals surface area contributed by atoms with Gasteiger partial charge in [0.2, 0.25) is 0 Å². The number of carboxylic acid groups (broad SMARTS) is 1. The molecule has 1 aliphatic rings. The van der Waals surface area contributed by atoms with E-state index in [2.05, 4.69) is 48.0 Å². The Morgan fingerprint density at radius 2 is 2.12 bits per heavy atom. The molecule has 0 spiro atoms. The molecule has 0 bridgehead atoms. The van der Waals surface area contributed by atoms with Crippen LogP contribution in [0.15, 0.2) is 30.5 Å². The molecule has 0 radical (unpaired) electrons. The molecule has 1 unspecified atom stereocenters. The van der Waals surface area contributed by atoms with Crippen molar-refractivity contribution in [3.63, 3.8) is 0 Å². The van der Waals surface area contributed by atoms with Crippen molar-refractivity contribution in [3.8, 4) is 10.6 Å². The molecule has 5 heteroatoms. The summed E-state index contributed by atoms with van der Waals surface area (Å²) >= 11 is 1.70. The summed E-state index contributed by atoms with van der Waals surface area (Å²) in [4.78, 5) is 19.2. The van der Waals surface area contributed by atoms with Crippen LogP contribution in [0.25, 0.3) is 10.6 Å². The molecule has 1 saturated heterocycles. The second-order valence-corrected chi connectivity index (χ2v) is 7.94. The third-order valence-corrected chi connectivity index (χ3v) is 5.64. The first-order valence-electron chi connectivity index (χ1n) is 8.53. The number of carboxylic acids is 1. The molecule has 4 nitrogen and oxygen atoms in total. The smallest absolute Gasteiger partial charge is 0.307 e. The maximum Gasteiger partial charge on any atom is 0.307 e. The van der Waals surface area contributed by atoms with Gasteiger partial charge in [0.25, 0.3) is 0 Å². The first-order chi connectivity index (χ1) is 11.5. The van der Waals surface area contributed by atoms with E-state index in [1.807, 2.05) is 6.20 Å². The minimum Gasteiger partial charge on any atom is -0.481 e. The van der Waals surface area contributed by atoms with Crippen molar-refractivity contribution >= 4 is 17.3 Å². The second kappa shape index (κ2) is 7.45. The lowest BCUT2D eigenvalue weighted by Gasteiger charge is -2.29. The van der Waals surface area contributed by atoms with Crippen LogP contribution in [0.5, 0.6) is 0 Å². The van der Waals surface area contributed by atoms with E-state index in [0.717, 1.165) is 36.5 Å². The summed E-state index contributed by atoms with van der Waals surface area (Å²) in [7, 11) is 0. The number of benzene rings is 1. The van der Waals surface area contributed by atoms with E-state index < -0.39 is 5.97 Å². The number of piperidine rings is 1. The fourth-order valence-electron chi connectivity index (χ4n) is 3.15. The van der Waals surface area contributed by atoms with Crippen LogP contribution in [-0.4, -0.2) is 34.0 Å². The SMILES string of the molecule is CC(C)c1ccc(-c2ncc(CN3CCCC(C(=O)O)C3)s2)cc1. The highest BCUT2D eigenvalue weighted by molar-refractivity contribution is 7.15. The Kier molecular flexibility index (Phi) is 5.31. The number of rotatable bonds is 5. The number of aromatic nitrogens is 1. The number of aliphatic carboxylic acids is 1. The van der Waals surface area contributed by atoms with E-state index in [9.17, 15) is 9.90 Å². The fraction of sp³-hybridized carbons (Fsp3) is 0.474. The van der Waals surface area contributed by atoms with E-state index in [-0.39, 0.29) is 5.92 Å². The van der Waals surface area contributed by atoms with Crippen molar-refractivity contribution < 1.29 is 9.90 Å². The minimum absolute atomic E-state index is 0.227. The van der Waals surface area contributed by atoms with Crippen molar-refractivity contribution in [2.75, 3.05) is 13.1 Å². The van der Waals surface area contributed by atoms with Gasteiger partial charge in [0.15, 0.2) is 0 Å². The van der Waals surface area contributed by atoms with Crippen LogP contribution >= 0.6 is 11.3 Å². The van der Waals surface area contributed by atoms with Gasteiger partial charge in [-0.15, -0.1) is 11.3 Å². The molecule has 0 amide bonds. The lowest BCUT2D eigenvalue weighted by Crippen LogP contribution is -2.37. The molecule has 1 aliphatic heterocycles. The molecule has 1 aromatic carbocycles. The van der Waals surface area contributed by atoms with Gasteiger partial charge in [-0.3, -0.25) is 9.69 Å². The molecular formula is C19H24N2O2S. The molecule has 0 saturated carbocycles. The van der Waals surface area contributed by atoms with Crippen molar-refractivity contribution in [3.05, 3.63) is 40.9 Å². The van der Waals surface area contributed by atoms with E-state index in [4.69, 9.17) is 0 Å². The van der Waals surface area contributed by atoms with Crippen LogP contribution in [0.2, 0.25) is 0 Å². The molecule has 128 valence electrons. The van der Waals surface area contributed by atoms with Gasteiger partial charge in [0.05, 0.1) is 5.92 Å². The van der Waals surface area contributed by atoms with Crippen molar-refractivity contribution in [1.29, 1.82) is 0 Å². The Morgan fingerprint density at radius 1 is 1.38 bits per heavy atom. The van der Waals surface area contributed by atoms with Gasteiger partial charge >= 0.3 is 5.97 Å². The number of likely N-dealkylation sites (tertiary alicyclic amines) is 1. The quantitative estimate of drug-likeness (QED) is 0.882. The second-order valence-electron chi connectivity index (χ2n) is 6.82. The molecular weight excluding hydrogens is 320 g/mol. The molecule has 2 heterocycles. The molecule has 1 atom stereocenters. The van der Waals surface area contributed by atoms with Gasteiger partial charge in [-0.05, 0) is 30.9 Å². The van der Waals surface area contributed by atoms with Crippen LogP contribution < -0.4 is 0 Å². The zero-order valence-corrected chi connectivity index (χ0v) is 15.1. The summed E-state index contributed by atoms with van der Waals surface area (Å²) in [6, 6.07) is 8.62. The number of hydrogen-bond acceptors (Lipinski definition) is 4. The van der Waals surface area contributed by atoms with E-state index in [1.54, 1.807) is 11.3 Å². The molecule has 0 aliphatic carbocycles. The average Bonchev–Trinajstić information content (AvgIpc) is 3.03. The zero-order chi connectivity index (χ0) is 17.1. The largest absolute Gasteiger partial charge is 0.481 e. The van der Waals surface area contributed by atoms with Crippen molar-refractivity contribution in [2.24, 2.45) is 5.92 Å². The maximum absolute atomic E-state index is 11.2. The van der Waals surface area contributed by atoms with E-state index in [1.165, 1.54) is 10.4 Å². The highest BCUT2D eigenvalue weighted by atomic mass is 32.1. The molecule has 1 aromatic heterocycles. The van der Waals surface area contributed by atoms with Gasteiger partial charge < -0.3 is 5.11 Å². The predicted octanol–water partition coefficient (Wildman–Crippen LogP) is 4.23. The third kappa shape index (κ3) is 4.02. The first kappa shape index (κ1) is 17.1. The van der Waals surface area contributed by atoms with Gasteiger partial charge in [-0.1, -0.05) is 38.1 Å². The molecule has 3 rings (SSSR count). The molecule has 1 fully saturated rings. The van der Waals surface area contributed by atoms with Gasteiger partial charge in [-0.25, -0.2) is 4.98 Å². The van der Waals surface area contributed by atoms with Crippen LogP contribution in [0.1, 0.15) is 43.0 Å². The standard InChI is InChI=1S/C19H24N2O2S/c1-13(2)14-5-7-15(8-6-14)18-20-10-17(24-18)12-21-9-3-4-16(11-21)19(22)23/h5-8,10,13,16H,3-4,9,11-12H2,1-2H3,(H,22,23). The van der Waals surface area contributed by atoms with E-state index in [0.29, 0.717) is 12.5 Å². The van der Waals surface area contributed by atoms with Crippen LogP contribution in [0.3, 0.4) is 0 Å². The average molecular weight is 344 g/mol. The number of hydrogen-bond donors (Lipinski definition) is 1. The summed E-state index contributed by atoms with van der Waals surface area (Å²) < 4.78 is 0. The van der Waals surface area contributed by atoms with Crippen LogP contribution in [0, 0.1) is 5.92 Å². The van der Waals surface area contributed by atoms with Gasteiger partial charge in [-0.2, -0.15) is 0 Å². The minimum atomic E-state index is -0.671. The summed E-state index contributed by atoms with van der Waals surface area (Å²) in [5.74, 6) is -0.364. The zero-order valence-electron chi connectivity index (χ0n) is 14.2. The van der Waals surface area contributed by atoms with Crippen molar-refractivity contribution in [2.45, 2.75) is 39.2 Å². The molecule has 1 N–H and O–H groups in total. The fourth-order valence-corrected chi connectivity index (χ4v) is 4.11. The lowest BCUT2D eigenvalue weighted by atomic mass is 9.98. The topological polar surface area (TPSA) is 53.4 Å². The highest BCUT2D eigenvalue weighted by Gasteiger charge is 2.25. The molecule has 2 aromatic rings. The first-order valence-corrected chi connectivity index (χ1v) is 9.35. The Hall–Kier alpha value is -1.72. The van der Waals surface area contributed by atoms with E-state index >= 15 is 0 Å². The Balaban J connectivity index is 1.66. The Labute approximate surface area is 147 Å². The third-order valence-electron chi connectivity index (χ3n) is 4.61. The van der Waals surface area contributed by atoms with Gasteiger partial charge in [0, 0.05) is 29.7 Å². The monoisotopic (exact) mass is 344 g/mol. The number of nitrogens with zero attached hydrogens (tertiary/aromatic N) is 2. The normalized spacial score (nSPS) is 18.9. The summed E-state index contributed by atoms with van der Waals surface area (Å²) in [6.45, 7) is 6.80. The summed E-state index contributed by atoms with van der Waals surface area (Å²) in [6.07, 6.45) is 3.68. The molecule has 24 heavy (non-hydrogen) atoms. The predicted molar refractivity (Wildman–Crippen MR) is 97.3 cm³/mol. The Morgan fingerprint density at radius 3 is 2.79 bits per heavy atom. The van der Waals surface area contributed by atoms with Gasteiger partial charge in [0.1, 0.15) is 5.01 Å². The number of thiazole rings is 1. The van der Waals surface area contributed by atoms with Crippen LogP contribution in [0.4, 0.5) is 0 Å².